The van der Waals surface area contributed by atoms with Crippen molar-refractivity contribution in [3.8, 4) is 0 Å². The number of rotatable bonds is 0. The summed E-state index contributed by atoms with van der Waals surface area (Å²) in [4.78, 5) is 12.3. The minimum absolute atomic E-state index is 0.194. The molecule has 0 spiro atoms. The zero-order valence-corrected chi connectivity index (χ0v) is 10.4. The van der Waals surface area contributed by atoms with Crippen LogP contribution in [0.1, 0.15) is 53.4 Å². The highest BCUT2D eigenvalue weighted by Gasteiger charge is 2.51. The second-order valence-electron chi connectivity index (χ2n) is 6.38. The van der Waals surface area contributed by atoms with Crippen LogP contribution < -0.4 is 0 Å². The molecule has 0 aromatic rings. The summed E-state index contributed by atoms with van der Waals surface area (Å²) in [6.07, 6.45) is 6.95. The molecule has 84 valence electrons. The number of carbonyl (C=O) groups is 1. The Labute approximate surface area is 92.9 Å². The van der Waals surface area contributed by atoms with Crippen LogP contribution in [0.25, 0.3) is 0 Å². The molecule has 0 aliphatic heterocycles. The minimum atomic E-state index is 0.194. The fourth-order valence-corrected chi connectivity index (χ4v) is 3.79. The van der Waals surface area contributed by atoms with Gasteiger partial charge in [-0.25, -0.2) is 0 Å². The number of carbonyl (C=O) groups excluding carboxylic acids is 1. The molecule has 0 unspecified atom stereocenters. The molecule has 0 aromatic carbocycles. The van der Waals surface area contributed by atoms with Crippen molar-refractivity contribution in [1.29, 1.82) is 0 Å². The molecule has 2 atom stereocenters. The summed E-state index contributed by atoms with van der Waals surface area (Å²) in [6, 6.07) is 0. The average Bonchev–Trinajstić information content (AvgIpc) is 2.10. The first-order chi connectivity index (χ1) is 6.87. The summed E-state index contributed by atoms with van der Waals surface area (Å²) >= 11 is 0. The van der Waals surface area contributed by atoms with Gasteiger partial charge >= 0.3 is 0 Å². The summed E-state index contributed by atoms with van der Waals surface area (Å²) in [5.74, 6) is 0.664. The van der Waals surface area contributed by atoms with Gasteiger partial charge in [0.05, 0.1) is 0 Å². The van der Waals surface area contributed by atoms with E-state index in [0.29, 0.717) is 5.78 Å². The summed E-state index contributed by atoms with van der Waals surface area (Å²) in [6.45, 7) is 8.82. The molecule has 2 aliphatic rings. The van der Waals surface area contributed by atoms with Gasteiger partial charge in [-0.3, -0.25) is 4.79 Å². The first-order valence-corrected chi connectivity index (χ1v) is 6.08. The minimum Gasteiger partial charge on any atom is -0.294 e. The quantitative estimate of drug-likeness (QED) is 0.590. The van der Waals surface area contributed by atoms with Crippen molar-refractivity contribution < 1.29 is 4.79 Å². The standard InChI is InChI=1S/C14H22O/c1-10-6-9-14(4)8-5-7-13(2,3)12(14)11(10)15/h6,12H,5,7-9H2,1-4H3/t12-,14+/m0/s1. The predicted molar refractivity (Wildman–Crippen MR) is 62.6 cm³/mol. The Bertz CT molecular complexity index is 324. The number of allylic oxidation sites excluding steroid dienone is 2. The van der Waals surface area contributed by atoms with Crippen LogP contribution in [-0.4, -0.2) is 5.78 Å². The normalized spacial score (nSPS) is 39.6. The molecule has 2 rings (SSSR count). The Morgan fingerprint density at radius 3 is 2.60 bits per heavy atom. The van der Waals surface area contributed by atoms with Crippen molar-refractivity contribution in [1.82, 2.24) is 0 Å². The Kier molecular flexibility index (Phi) is 2.33. The molecule has 1 fully saturated rings. The van der Waals surface area contributed by atoms with Crippen molar-refractivity contribution in [3.05, 3.63) is 11.6 Å². The lowest BCUT2D eigenvalue weighted by Gasteiger charge is -2.51. The van der Waals surface area contributed by atoms with Gasteiger partial charge in [0.15, 0.2) is 5.78 Å². The van der Waals surface area contributed by atoms with Gasteiger partial charge in [-0.1, -0.05) is 33.3 Å². The van der Waals surface area contributed by atoms with Crippen molar-refractivity contribution in [3.63, 3.8) is 0 Å². The summed E-state index contributed by atoms with van der Waals surface area (Å²) in [7, 11) is 0. The number of ketones is 1. The first-order valence-electron chi connectivity index (χ1n) is 6.08. The van der Waals surface area contributed by atoms with E-state index < -0.39 is 0 Å². The summed E-state index contributed by atoms with van der Waals surface area (Å²) < 4.78 is 0. The summed E-state index contributed by atoms with van der Waals surface area (Å²) in [5.41, 5.74) is 1.42. The van der Waals surface area contributed by atoms with Gasteiger partial charge in [0.2, 0.25) is 0 Å². The van der Waals surface area contributed by atoms with Crippen molar-refractivity contribution >= 4 is 5.78 Å². The van der Waals surface area contributed by atoms with Crippen molar-refractivity contribution in [2.45, 2.75) is 53.4 Å². The van der Waals surface area contributed by atoms with E-state index in [0.717, 1.165) is 12.0 Å². The van der Waals surface area contributed by atoms with E-state index >= 15 is 0 Å². The zero-order chi connectivity index (χ0) is 11.3. The SMILES string of the molecule is CC1=CC[C@@]2(C)CCCC(C)(C)[C@@H]2C1=O. The molecule has 15 heavy (non-hydrogen) atoms. The third-order valence-electron chi connectivity index (χ3n) is 4.57. The van der Waals surface area contributed by atoms with E-state index in [-0.39, 0.29) is 16.7 Å². The molecule has 1 saturated carbocycles. The molecule has 0 N–H and O–H groups in total. The highest BCUT2D eigenvalue weighted by Crippen LogP contribution is 2.55. The fourth-order valence-electron chi connectivity index (χ4n) is 3.79. The van der Waals surface area contributed by atoms with Gasteiger partial charge in [0, 0.05) is 5.92 Å². The second kappa shape index (κ2) is 3.20. The van der Waals surface area contributed by atoms with Crippen molar-refractivity contribution in [2.24, 2.45) is 16.7 Å². The molecule has 0 saturated heterocycles. The lowest BCUT2D eigenvalue weighted by atomic mass is 9.52. The second-order valence-corrected chi connectivity index (χ2v) is 6.38. The smallest absolute Gasteiger partial charge is 0.162 e. The number of hydrogen-bond donors (Lipinski definition) is 0. The Hall–Kier alpha value is -0.590. The van der Waals surface area contributed by atoms with Gasteiger partial charge in [-0.2, -0.15) is 0 Å². The maximum atomic E-state index is 12.3. The Morgan fingerprint density at radius 2 is 1.93 bits per heavy atom. The van der Waals surface area contributed by atoms with E-state index in [1.807, 2.05) is 6.92 Å². The van der Waals surface area contributed by atoms with E-state index in [1.54, 1.807) is 0 Å². The third kappa shape index (κ3) is 1.56. The Morgan fingerprint density at radius 1 is 1.27 bits per heavy atom. The average molecular weight is 206 g/mol. The maximum Gasteiger partial charge on any atom is 0.162 e. The molecule has 0 radical (unpaired) electrons. The van der Waals surface area contributed by atoms with E-state index in [2.05, 4.69) is 26.8 Å². The molecule has 0 aromatic heterocycles. The molecule has 1 heteroatoms. The Balaban J connectivity index is 2.44. The van der Waals surface area contributed by atoms with Crippen LogP contribution >= 0.6 is 0 Å². The number of Topliss-reactive ketones (excluding diaryl/α,β-unsaturated/α-hetero) is 1. The maximum absolute atomic E-state index is 12.3. The number of fused-ring (bicyclic) bond motifs is 1. The summed E-state index contributed by atoms with van der Waals surface area (Å²) in [5, 5.41) is 0. The van der Waals surface area contributed by atoms with Crippen LogP contribution in [0.3, 0.4) is 0 Å². The topological polar surface area (TPSA) is 17.1 Å². The van der Waals surface area contributed by atoms with Crippen LogP contribution in [0.15, 0.2) is 11.6 Å². The van der Waals surface area contributed by atoms with Crippen LogP contribution in [0, 0.1) is 16.7 Å². The van der Waals surface area contributed by atoms with Gasteiger partial charge in [-0.15, -0.1) is 0 Å². The van der Waals surface area contributed by atoms with Gasteiger partial charge in [0.25, 0.3) is 0 Å². The largest absolute Gasteiger partial charge is 0.294 e. The molecule has 0 amide bonds. The third-order valence-corrected chi connectivity index (χ3v) is 4.57. The zero-order valence-electron chi connectivity index (χ0n) is 10.4. The van der Waals surface area contributed by atoms with E-state index in [9.17, 15) is 4.79 Å². The van der Waals surface area contributed by atoms with Gasteiger partial charge < -0.3 is 0 Å². The monoisotopic (exact) mass is 206 g/mol. The van der Waals surface area contributed by atoms with Crippen LogP contribution in [-0.2, 0) is 4.79 Å². The van der Waals surface area contributed by atoms with Crippen LogP contribution in [0.2, 0.25) is 0 Å². The first kappa shape index (κ1) is 10.9. The highest BCUT2D eigenvalue weighted by atomic mass is 16.1. The molecular weight excluding hydrogens is 184 g/mol. The van der Waals surface area contributed by atoms with E-state index in [4.69, 9.17) is 0 Å². The molecular formula is C14H22O. The van der Waals surface area contributed by atoms with Gasteiger partial charge in [-0.05, 0) is 42.6 Å². The molecule has 0 bridgehead atoms. The van der Waals surface area contributed by atoms with Gasteiger partial charge in [0.1, 0.15) is 0 Å². The van der Waals surface area contributed by atoms with E-state index in [1.165, 1.54) is 19.3 Å². The fraction of sp³-hybridized carbons (Fsp3) is 0.786. The molecule has 0 heterocycles. The molecule has 1 nitrogen and oxygen atoms in total. The number of hydrogen-bond acceptors (Lipinski definition) is 1. The van der Waals surface area contributed by atoms with Crippen LogP contribution in [0.4, 0.5) is 0 Å². The van der Waals surface area contributed by atoms with Crippen molar-refractivity contribution in [2.75, 3.05) is 0 Å². The predicted octanol–water partition coefficient (Wildman–Crippen LogP) is 3.74. The lowest BCUT2D eigenvalue weighted by Crippen LogP contribution is -2.48. The van der Waals surface area contributed by atoms with Crippen LogP contribution in [0.5, 0.6) is 0 Å². The highest BCUT2D eigenvalue weighted by molar-refractivity contribution is 5.98. The lowest BCUT2D eigenvalue weighted by molar-refractivity contribution is -0.133. The molecule has 2 aliphatic carbocycles.